The van der Waals surface area contributed by atoms with E-state index in [0.29, 0.717) is 0 Å². The predicted octanol–water partition coefficient (Wildman–Crippen LogP) is 0.653. The monoisotopic (exact) mass is 255 g/mol. The molecule has 0 aliphatic carbocycles. The number of hydrogen-bond donors (Lipinski definition) is 2. The summed E-state index contributed by atoms with van der Waals surface area (Å²) < 4.78 is 18.6. The number of halogens is 1. The van der Waals surface area contributed by atoms with E-state index < -0.39 is 11.7 Å². The second kappa shape index (κ2) is 5.85. The molecule has 0 fully saturated rings. The number of ether oxygens (including phenoxy) is 1. The van der Waals surface area contributed by atoms with E-state index in [4.69, 9.17) is 15.7 Å². The molecule has 1 amide bonds. The number of methoxy groups -OCH3 is 1. The molecule has 18 heavy (non-hydrogen) atoms. The largest absolute Gasteiger partial charge is 0.496 e. The predicted molar refractivity (Wildman–Crippen MR) is 63.3 cm³/mol. The number of rotatable bonds is 4. The maximum absolute atomic E-state index is 13.6. The van der Waals surface area contributed by atoms with Crippen molar-refractivity contribution in [1.29, 1.82) is 0 Å². The summed E-state index contributed by atoms with van der Waals surface area (Å²) in [6.07, 6.45) is 0. The first-order chi connectivity index (χ1) is 8.51. The number of benzene rings is 1. The zero-order valence-electron chi connectivity index (χ0n) is 10.1. The Morgan fingerprint density at radius 2 is 2.28 bits per heavy atom. The highest BCUT2D eigenvalue weighted by Gasteiger charge is 2.21. The number of oxime groups is 1. The Morgan fingerprint density at radius 3 is 2.83 bits per heavy atom. The van der Waals surface area contributed by atoms with Crippen LogP contribution in [0.4, 0.5) is 4.39 Å². The summed E-state index contributed by atoms with van der Waals surface area (Å²) in [5, 5.41) is 11.2. The van der Waals surface area contributed by atoms with Crippen molar-refractivity contribution in [2.75, 3.05) is 20.7 Å². The maximum Gasteiger partial charge on any atom is 0.260 e. The summed E-state index contributed by atoms with van der Waals surface area (Å²) in [6.45, 7) is -0.118. The van der Waals surface area contributed by atoms with E-state index in [-0.39, 0.29) is 23.7 Å². The van der Waals surface area contributed by atoms with Gasteiger partial charge in [0.1, 0.15) is 17.1 Å². The number of carbonyl (C=O) groups excluding carboxylic acids is 1. The van der Waals surface area contributed by atoms with Gasteiger partial charge in [-0.1, -0.05) is 11.2 Å². The molecule has 98 valence electrons. The van der Waals surface area contributed by atoms with Crippen LogP contribution in [0.1, 0.15) is 10.4 Å². The van der Waals surface area contributed by atoms with Crippen LogP contribution in [0.5, 0.6) is 5.75 Å². The summed E-state index contributed by atoms with van der Waals surface area (Å²) in [4.78, 5) is 13.1. The lowest BCUT2D eigenvalue weighted by molar-refractivity contribution is 0.0805. The molecule has 0 spiro atoms. The number of amidine groups is 1. The van der Waals surface area contributed by atoms with E-state index in [1.165, 1.54) is 26.3 Å². The summed E-state index contributed by atoms with van der Waals surface area (Å²) >= 11 is 0. The van der Waals surface area contributed by atoms with Gasteiger partial charge in [-0.2, -0.15) is 0 Å². The average molecular weight is 255 g/mol. The summed E-state index contributed by atoms with van der Waals surface area (Å²) in [5.74, 6) is -1.32. The minimum absolute atomic E-state index is 0.118. The van der Waals surface area contributed by atoms with Crippen LogP contribution in [0, 0.1) is 5.82 Å². The van der Waals surface area contributed by atoms with Crippen molar-refractivity contribution in [2.45, 2.75) is 0 Å². The van der Waals surface area contributed by atoms with E-state index in [2.05, 4.69) is 5.16 Å². The zero-order valence-corrected chi connectivity index (χ0v) is 10.1. The van der Waals surface area contributed by atoms with Gasteiger partial charge in [-0.25, -0.2) is 4.39 Å². The fraction of sp³-hybridized carbons (Fsp3) is 0.273. The smallest absolute Gasteiger partial charge is 0.260 e. The maximum atomic E-state index is 13.6. The van der Waals surface area contributed by atoms with Crippen LogP contribution < -0.4 is 10.5 Å². The molecule has 0 aliphatic heterocycles. The van der Waals surface area contributed by atoms with Crippen molar-refractivity contribution in [1.82, 2.24) is 4.90 Å². The quantitative estimate of drug-likeness (QED) is 0.358. The average Bonchev–Trinajstić information content (AvgIpc) is 2.37. The summed E-state index contributed by atoms with van der Waals surface area (Å²) in [6, 6.07) is 4.08. The van der Waals surface area contributed by atoms with Gasteiger partial charge in [0.25, 0.3) is 5.91 Å². The van der Waals surface area contributed by atoms with Gasteiger partial charge in [0.2, 0.25) is 0 Å². The Morgan fingerprint density at radius 1 is 1.61 bits per heavy atom. The van der Waals surface area contributed by atoms with Gasteiger partial charge >= 0.3 is 0 Å². The Labute approximate surface area is 103 Å². The third-order valence-corrected chi connectivity index (χ3v) is 2.28. The molecular formula is C11H14FN3O3. The van der Waals surface area contributed by atoms with Crippen LogP contribution in [0.15, 0.2) is 23.4 Å². The van der Waals surface area contributed by atoms with Gasteiger partial charge in [-0.3, -0.25) is 4.79 Å². The first-order valence-electron chi connectivity index (χ1n) is 5.05. The van der Waals surface area contributed by atoms with E-state index in [1.54, 1.807) is 0 Å². The van der Waals surface area contributed by atoms with Crippen LogP contribution in [-0.2, 0) is 0 Å². The summed E-state index contributed by atoms with van der Waals surface area (Å²) in [5.41, 5.74) is 5.09. The lowest BCUT2D eigenvalue weighted by Gasteiger charge is -2.18. The molecule has 0 atom stereocenters. The molecule has 0 unspecified atom stereocenters. The van der Waals surface area contributed by atoms with Gasteiger partial charge < -0.3 is 20.6 Å². The fourth-order valence-electron chi connectivity index (χ4n) is 1.42. The second-order valence-corrected chi connectivity index (χ2v) is 3.57. The second-order valence-electron chi connectivity index (χ2n) is 3.57. The molecule has 0 aromatic heterocycles. The van der Waals surface area contributed by atoms with Gasteiger partial charge in [0.15, 0.2) is 5.84 Å². The van der Waals surface area contributed by atoms with Crippen LogP contribution in [0.2, 0.25) is 0 Å². The van der Waals surface area contributed by atoms with Gasteiger partial charge in [0, 0.05) is 7.05 Å². The topological polar surface area (TPSA) is 88.2 Å². The normalized spacial score (nSPS) is 11.2. The highest BCUT2D eigenvalue weighted by Crippen LogP contribution is 2.22. The molecule has 1 aromatic carbocycles. The Bertz CT molecular complexity index is 477. The third-order valence-electron chi connectivity index (χ3n) is 2.28. The Kier molecular flexibility index (Phi) is 4.47. The van der Waals surface area contributed by atoms with Crippen molar-refractivity contribution < 1.29 is 19.1 Å². The fourth-order valence-corrected chi connectivity index (χ4v) is 1.42. The van der Waals surface area contributed by atoms with Gasteiger partial charge in [-0.15, -0.1) is 0 Å². The van der Waals surface area contributed by atoms with Crippen LogP contribution in [0.25, 0.3) is 0 Å². The standard InChI is InChI=1S/C11H14FN3O3/c1-15(6-9(13)14-17)11(16)10-7(12)4-3-5-8(10)18-2/h3-5,17H,6H2,1-2H3,(H2,13,14). The molecule has 0 aliphatic rings. The van der Waals surface area contributed by atoms with Gasteiger partial charge in [-0.05, 0) is 12.1 Å². The number of nitrogens with zero attached hydrogens (tertiary/aromatic N) is 2. The number of hydrogen-bond acceptors (Lipinski definition) is 4. The van der Waals surface area contributed by atoms with Crippen molar-refractivity contribution in [3.8, 4) is 5.75 Å². The molecule has 0 bridgehead atoms. The molecule has 0 radical (unpaired) electrons. The first-order valence-corrected chi connectivity index (χ1v) is 5.05. The van der Waals surface area contributed by atoms with E-state index in [1.807, 2.05) is 0 Å². The van der Waals surface area contributed by atoms with Crippen molar-refractivity contribution in [3.63, 3.8) is 0 Å². The minimum atomic E-state index is -0.689. The van der Waals surface area contributed by atoms with Crippen LogP contribution >= 0.6 is 0 Å². The number of carbonyl (C=O) groups is 1. The zero-order chi connectivity index (χ0) is 13.7. The lowest BCUT2D eigenvalue weighted by Crippen LogP contribution is -2.36. The Balaban J connectivity index is 3.03. The molecule has 6 nitrogen and oxygen atoms in total. The van der Waals surface area contributed by atoms with Crippen molar-refractivity contribution in [3.05, 3.63) is 29.6 Å². The number of likely N-dealkylation sites (N-methyl/N-ethyl adjacent to an activating group) is 1. The third kappa shape index (κ3) is 2.88. The summed E-state index contributed by atoms with van der Waals surface area (Å²) in [7, 11) is 2.75. The molecular weight excluding hydrogens is 241 g/mol. The number of amides is 1. The van der Waals surface area contributed by atoms with Crippen LogP contribution in [0.3, 0.4) is 0 Å². The van der Waals surface area contributed by atoms with E-state index >= 15 is 0 Å². The molecule has 7 heteroatoms. The minimum Gasteiger partial charge on any atom is -0.496 e. The lowest BCUT2D eigenvalue weighted by atomic mass is 10.1. The molecule has 1 aromatic rings. The first kappa shape index (κ1) is 13.8. The van der Waals surface area contributed by atoms with E-state index in [0.717, 1.165) is 11.0 Å². The molecule has 1 rings (SSSR count). The van der Waals surface area contributed by atoms with E-state index in [9.17, 15) is 9.18 Å². The molecule has 0 saturated heterocycles. The SMILES string of the molecule is COc1cccc(F)c1C(=O)N(C)CC(N)=NO. The highest BCUT2D eigenvalue weighted by molar-refractivity contribution is 5.99. The van der Waals surface area contributed by atoms with Crippen molar-refractivity contribution in [2.24, 2.45) is 10.9 Å². The Hall–Kier alpha value is -2.31. The van der Waals surface area contributed by atoms with Crippen molar-refractivity contribution >= 4 is 11.7 Å². The van der Waals surface area contributed by atoms with Gasteiger partial charge in [0.05, 0.1) is 13.7 Å². The molecule has 3 N–H and O–H groups in total. The molecule has 0 saturated carbocycles. The van der Waals surface area contributed by atoms with Crippen LogP contribution in [-0.4, -0.2) is 42.6 Å². The highest BCUT2D eigenvalue weighted by atomic mass is 19.1. The number of nitrogens with two attached hydrogens (primary N) is 1. The molecule has 0 heterocycles.